The topological polar surface area (TPSA) is 101 Å². The summed E-state index contributed by atoms with van der Waals surface area (Å²) in [4.78, 5) is 31.7. The number of carbonyl (C=O) groups excluding carboxylic acids is 2. The Morgan fingerprint density at radius 2 is 1.97 bits per heavy atom. The van der Waals surface area contributed by atoms with Crippen LogP contribution in [0.1, 0.15) is 45.8 Å². The number of hydrogen-bond donors (Lipinski definition) is 2. The zero-order valence-electron chi connectivity index (χ0n) is 20.4. The zero-order valence-corrected chi connectivity index (χ0v) is 20.4. The maximum Gasteiger partial charge on any atom is 0.257 e. The third kappa shape index (κ3) is 4.70. The molecule has 1 saturated heterocycles. The number of aliphatic hydroxyl groups is 1. The smallest absolute Gasteiger partial charge is 0.257 e. The van der Waals surface area contributed by atoms with Gasteiger partial charge in [0.1, 0.15) is 18.0 Å². The summed E-state index contributed by atoms with van der Waals surface area (Å²) < 4.78 is 12.3. The number of anilines is 1. The van der Waals surface area contributed by atoms with Gasteiger partial charge in [0.05, 0.1) is 24.7 Å². The average molecular weight is 500 g/mol. The Labute approximate surface area is 215 Å². The van der Waals surface area contributed by atoms with E-state index in [0.29, 0.717) is 30.8 Å². The summed E-state index contributed by atoms with van der Waals surface area (Å²) in [6, 6.07) is 17.2. The molecule has 3 aromatic rings. The Kier molecular flexibility index (Phi) is 6.36. The number of carbonyl (C=O) groups is 2. The first kappa shape index (κ1) is 23.6. The van der Waals surface area contributed by atoms with Gasteiger partial charge in [-0.3, -0.25) is 14.6 Å². The number of fused-ring (bicyclic) bond motifs is 4. The molecule has 37 heavy (non-hydrogen) atoms. The van der Waals surface area contributed by atoms with Crippen LogP contribution in [0.15, 0.2) is 67.0 Å². The van der Waals surface area contributed by atoms with Gasteiger partial charge in [-0.1, -0.05) is 24.3 Å². The van der Waals surface area contributed by atoms with Gasteiger partial charge in [0.25, 0.3) is 5.91 Å². The SMILES string of the molecule is O=C(Nc1ccc2c(c1)[C@@H]1C[C@@H](CC(=O)N3CCc4ccccc4C3)O[C@H](CO)[C@@H]1O2)c1cccnc1. The molecule has 0 bridgehead atoms. The lowest BCUT2D eigenvalue weighted by Crippen LogP contribution is -2.48. The van der Waals surface area contributed by atoms with E-state index in [9.17, 15) is 14.7 Å². The second-order valence-corrected chi connectivity index (χ2v) is 9.89. The Morgan fingerprint density at radius 3 is 2.78 bits per heavy atom. The summed E-state index contributed by atoms with van der Waals surface area (Å²) in [6.45, 7) is 1.12. The second kappa shape index (κ2) is 9.95. The summed E-state index contributed by atoms with van der Waals surface area (Å²) in [6.07, 6.45) is 3.67. The molecular formula is C29H29N3O5. The quantitative estimate of drug-likeness (QED) is 0.559. The van der Waals surface area contributed by atoms with Gasteiger partial charge in [0.2, 0.25) is 5.91 Å². The molecule has 0 aliphatic carbocycles. The van der Waals surface area contributed by atoms with Gasteiger partial charge in [0, 0.05) is 42.7 Å². The molecule has 6 rings (SSSR count). The van der Waals surface area contributed by atoms with Crippen LogP contribution in [0.4, 0.5) is 5.69 Å². The van der Waals surface area contributed by atoms with Crippen molar-refractivity contribution < 1.29 is 24.2 Å². The molecule has 2 N–H and O–H groups in total. The molecule has 8 heteroatoms. The molecular weight excluding hydrogens is 470 g/mol. The number of nitrogens with one attached hydrogen (secondary N) is 1. The van der Waals surface area contributed by atoms with Crippen molar-refractivity contribution in [2.24, 2.45) is 0 Å². The number of nitrogens with zero attached hydrogens (tertiary/aromatic N) is 2. The molecule has 0 spiro atoms. The van der Waals surface area contributed by atoms with Crippen molar-refractivity contribution >= 4 is 17.5 Å². The number of benzene rings is 2. The highest BCUT2D eigenvalue weighted by atomic mass is 16.6. The minimum absolute atomic E-state index is 0.0453. The number of aliphatic hydroxyl groups excluding tert-OH is 1. The van der Waals surface area contributed by atoms with Crippen LogP contribution in [-0.4, -0.2) is 58.3 Å². The monoisotopic (exact) mass is 499 g/mol. The summed E-state index contributed by atoms with van der Waals surface area (Å²) >= 11 is 0. The fourth-order valence-corrected chi connectivity index (χ4v) is 5.70. The number of pyridine rings is 1. The standard InChI is InChI=1S/C29H29N3O5/c33-17-26-28-24(13-22(36-26)14-27(34)32-11-9-18-4-1-2-5-20(18)16-32)23-12-21(7-8-25(23)37-28)31-29(35)19-6-3-10-30-15-19/h1-8,10,12,15,22,24,26,28,33H,9,11,13-14,16-17H2,(H,31,35)/t22-,24-,26+,28+/m0/s1. The first-order valence-corrected chi connectivity index (χ1v) is 12.7. The van der Waals surface area contributed by atoms with E-state index in [2.05, 4.69) is 22.4 Å². The highest BCUT2D eigenvalue weighted by Gasteiger charge is 2.46. The molecule has 2 amide bonds. The van der Waals surface area contributed by atoms with E-state index in [1.165, 1.54) is 17.3 Å². The fourth-order valence-electron chi connectivity index (χ4n) is 5.70. The van der Waals surface area contributed by atoms with Crippen LogP contribution in [0.5, 0.6) is 5.75 Å². The maximum absolute atomic E-state index is 13.2. The van der Waals surface area contributed by atoms with Gasteiger partial charge in [-0.25, -0.2) is 0 Å². The number of hydrogen-bond acceptors (Lipinski definition) is 6. The van der Waals surface area contributed by atoms with E-state index in [0.717, 1.165) is 17.7 Å². The van der Waals surface area contributed by atoms with Crippen molar-refractivity contribution in [3.63, 3.8) is 0 Å². The van der Waals surface area contributed by atoms with E-state index >= 15 is 0 Å². The minimum Gasteiger partial charge on any atom is -0.487 e. The van der Waals surface area contributed by atoms with Crippen LogP contribution in [0, 0.1) is 0 Å². The van der Waals surface area contributed by atoms with Gasteiger partial charge in [-0.15, -0.1) is 0 Å². The largest absolute Gasteiger partial charge is 0.487 e. The Bertz CT molecular complexity index is 1310. The molecule has 0 saturated carbocycles. The summed E-state index contributed by atoms with van der Waals surface area (Å²) in [7, 11) is 0. The normalized spacial score (nSPS) is 23.9. The van der Waals surface area contributed by atoms with Crippen LogP contribution in [-0.2, 0) is 22.5 Å². The Morgan fingerprint density at radius 1 is 1.11 bits per heavy atom. The Balaban J connectivity index is 1.16. The van der Waals surface area contributed by atoms with E-state index in [1.54, 1.807) is 24.4 Å². The first-order valence-electron chi connectivity index (χ1n) is 12.7. The molecule has 1 aromatic heterocycles. The number of amides is 2. The van der Waals surface area contributed by atoms with Crippen LogP contribution < -0.4 is 10.1 Å². The van der Waals surface area contributed by atoms with Crippen LogP contribution in [0.3, 0.4) is 0 Å². The molecule has 4 atom stereocenters. The molecule has 3 aliphatic rings. The summed E-state index contributed by atoms with van der Waals surface area (Å²) in [5.41, 5.74) is 4.58. The summed E-state index contributed by atoms with van der Waals surface area (Å²) in [5.74, 6) is 0.494. The zero-order chi connectivity index (χ0) is 25.4. The molecule has 3 aliphatic heterocycles. The lowest BCUT2D eigenvalue weighted by molar-refractivity contribution is -0.149. The van der Waals surface area contributed by atoms with Crippen LogP contribution >= 0.6 is 0 Å². The highest BCUT2D eigenvalue weighted by molar-refractivity contribution is 6.04. The van der Waals surface area contributed by atoms with Gasteiger partial charge in [-0.05, 0) is 54.3 Å². The predicted octanol–water partition coefficient (Wildman–Crippen LogP) is 3.30. The molecule has 1 fully saturated rings. The third-order valence-electron chi connectivity index (χ3n) is 7.57. The lowest BCUT2D eigenvalue weighted by Gasteiger charge is -2.38. The van der Waals surface area contributed by atoms with E-state index in [-0.39, 0.29) is 43.0 Å². The summed E-state index contributed by atoms with van der Waals surface area (Å²) in [5, 5.41) is 13.0. The van der Waals surface area contributed by atoms with Crippen molar-refractivity contribution in [2.45, 2.75) is 50.0 Å². The molecule has 2 aromatic carbocycles. The highest BCUT2D eigenvalue weighted by Crippen LogP contribution is 2.47. The number of ether oxygens (including phenoxy) is 2. The van der Waals surface area contributed by atoms with Crippen LogP contribution in [0.25, 0.3) is 0 Å². The van der Waals surface area contributed by atoms with E-state index in [1.807, 2.05) is 29.2 Å². The lowest BCUT2D eigenvalue weighted by atomic mass is 9.84. The van der Waals surface area contributed by atoms with Crippen molar-refractivity contribution in [3.8, 4) is 5.75 Å². The van der Waals surface area contributed by atoms with E-state index < -0.39 is 6.10 Å². The molecule has 0 radical (unpaired) electrons. The molecule has 0 unspecified atom stereocenters. The molecule has 190 valence electrons. The molecule has 4 heterocycles. The first-order chi connectivity index (χ1) is 18.1. The van der Waals surface area contributed by atoms with E-state index in [4.69, 9.17) is 9.47 Å². The van der Waals surface area contributed by atoms with Gasteiger partial charge in [-0.2, -0.15) is 0 Å². The minimum atomic E-state index is -0.528. The third-order valence-corrected chi connectivity index (χ3v) is 7.57. The number of aromatic nitrogens is 1. The average Bonchev–Trinajstić information content (AvgIpc) is 3.30. The van der Waals surface area contributed by atoms with Crippen LogP contribution in [0.2, 0.25) is 0 Å². The van der Waals surface area contributed by atoms with Gasteiger partial charge < -0.3 is 24.8 Å². The van der Waals surface area contributed by atoms with Gasteiger partial charge in [0.15, 0.2) is 0 Å². The Hall–Kier alpha value is -3.75. The molecule has 8 nitrogen and oxygen atoms in total. The van der Waals surface area contributed by atoms with Crippen molar-refractivity contribution in [1.29, 1.82) is 0 Å². The fraction of sp³-hybridized carbons (Fsp3) is 0.345. The van der Waals surface area contributed by atoms with Gasteiger partial charge >= 0.3 is 0 Å². The second-order valence-electron chi connectivity index (χ2n) is 9.89. The number of rotatable bonds is 5. The maximum atomic E-state index is 13.2. The predicted molar refractivity (Wildman–Crippen MR) is 136 cm³/mol. The van der Waals surface area contributed by atoms with Crippen molar-refractivity contribution in [2.75, 3.05) is 18.5 Å². The van der Waals surface area contributed by atoms with Crippen molar-refractivity contribution in [1.82, 2.24) is 9.88 Å². The van der Waals surface area contributed by atoms with Crippen molar-refractivity contribution in [3.05, 3.63) is 89.2 Å².